The zero-order valence-corrected chi connectivity index (χ0v) is 16.4. The Morgan fingerprint density at radius 2 is 1.64 bits per heavy atom. The van der Waals surface area contributed by atoms with Crippen LogP contribution >= 0.6 is 0 Å². The van der Waals surface area contributed by atoms with Gasteiger partial charge < -0.3 is 20.1 Å². The molecule has 1 saturated heterocycles. The molecule has 1 aromatic carbocycles. The Hall–Kier alpha value is -1.75. The van der Waals surface area contributed by atoms with E-state index in [0.29, 0.717) is 30.3 Å². The number of carbonyl (C=O) groups is 1. The van der Waals surface area contributed by atoms with Crippen LogP contribution in [0.1, 0.15) is 64.7 Å². The number of ether oxygens (including phenoxy) is 2. The maximum absolute atomic E-state index is 12.7. The molecule has 1 aromatic rings. The number of hydrogen-bond donors (Lipinski definition) is 2. The summed E-state index contributed by atoms with van der Waals surface area (Å²) >= 11 is 0. The molecule has 0 bridgehead atoms. The topological polar surface area (TPSA) is 64.2 Å². The fourth-order valence-electron chi connectivity index (χ4n) is 4.08. The Balaban J connectivity index is 2.13. The van der Waals surface area contributed by atoms with Gasteiger partial charge in [-0.1, -0.05) is 0 Å². The van der Waals surface area contributed by atoms with Crippen LogP contribution in [0.4, 0.5) is 0 Å². The lowest BCUT2D eigenvalue weighted by Gasteiger charge is -2.43. The molecule has 1 aliphatic rings. The van der Waals surface area contributed by atoms with Gasteiger partial charge in [0.15, 0.2) is 11.5 Å². The van der Waals surface area contributed by atoms with Crippen LogP contribution in [0.15, 0.2) is 18.2 Å². The number of nitrogens with two attached hydrogens (primary N) is 1. The molecule has 0 unspecified atom stereocenters. The third-order valence-corrected chi connectivity index (χ3v) is 4.47. The van der Waals surface area contributed by atoms with Crippen molar-refractivity contribution in [2.24, 2.45) is 0 Å². The quantitative estimate of drug-likeness (QED) is 0.829. The largest absolute Gasteiger partial charge is 0.490 e. The first kappa shape index (κ1) is 19.6. The molecule has 140 valence electrons. The van der Waals surface area contributed by atoms with E-state index in [4.69, 9.17) is 9.47 Å². The van der Waals surface area contributed by atoms with Gasteiger partial charge in [-0.2, -0.15) is 0 Å². The van der Waals surface area contributed by atoms with Gasteiger partial charge in [0.2, 0.25) is 0 Å². The molecule has 0 aliphatic carbocycles. The molecule has 2 rings (SSSR count). The van der Waals surface area contributed by atoms with Crippen LogP contribution in [0.3, 0.4) is 0 Å². The van der Waals surface area contributed by atoms with Gasteiger partial charge in [-0.15, -0.1) is 0 Å². The van der Waals surface area contributed by atoms with E-state index in [1.165, 1.54) is 0 Å². The first-order valence-electron chi connectivity index (χ1n) is 9.23. The zero-order chi connectivity index (χ0) is 18.7. The minimum atomic E-state index is -0.0532. The summed E-state index contributed by atoms with van der Waals surface area (Å²) in [6.45, 7) is 13.9. The molecule has 0 saturated carbocycles. The highest BCUT2D eigenvalue weighted by Gasteiger charge is 2.42. The normalized spacial score (nSPS) is 19.3. The molecule has 1 amide bonds. The number of piperidine rings is 1. The third kappa shape index (κ3) is 5.36. The van der Waals surface area contributed by atoms with Gasteiger partial charge in [-0.3, -0.25) is 4.79 Å². The summed E-state index contributed by atoms with van der Waals surface area (Å²) in [6, 6.07) is 5.55. The van der Waals surface area contributed by atoms with Crippen LogP contribution in [0.25, 0.3) is 0 Å². The van der Waals surface area contributed by atoms with Crippen molar-refractivity contribution in [3.8, 4) is 11.5 Å². The van der Waals surface area contributed by atoms with Gasteiger partial charge in [0.1, 0.15) is 0 Å². The molecule has 1 heterocycles. The van der Waals surface area contributed by atoms with Crippen LogP contribution in [-0.2, 0) is 0 Å². The van der Waals surface area contributed by atoms with E-state index in [1.807, 2.05) is 19.9 Å². The van der Waals surface area contributed by atoms with Crippen molar-refractivity contribution >= 4 is 5.91 Å². The second kappa shape index (κ2) is 7.65. The van der Waals surface area contributed by atoms with E-state index in [2.05, 4.69) is 38.3 Å². The first-order chi connectivity index (χ1) is 11.7. The standard InChI is InChI=1S/C20H32N2O3/c1-7-24-16-10-9-14(11-17(16)25-8-2)18(23)21-15-12-19(3,4)22-20(5,6)13-15/h9-11,15,22H,7-8,12-13H2,1-6H3,(H,21,23)/p+1. The maximum Gasteiger partial charge on any atom is 0.251 e. The number of hydrogen-bond acceptors (Lipinski definition) is 3. The second-order valence-corrected chi connectivity index (χ2v) is 8.23. The molecular formula is C20H33N2O3+. The molecule has 0 atom stereocenters. The van der Waals surface area contributed by atoms with E-state index in [0.717, 1.165) is 12.8 Å². The van der Waals surface area contributed by atoms with Gasteiger partial charge in [0, 0.05) is 24.4 Å². The smallest absolute Gasteiger partial charge is 0.251 e. The number of carbonyl (C=O) groups excluding carboxylic acids is 1. The van der Waals surface area contributed by atoms with E-state index < -0.39 is 0 Å². The summed E-state index contributed by atoms with van der Waals surface area (Å²) in [6.07, 6.45) is 1.91. The van der Waals surface area contributed by atoms with E-state index in [-0.39, 0.29) is 23.0 Å². The predicted molar refractivity (Wildman–Crippen MR) is 99.4 cm³/mol. The van der Waals surface area contributed by atoms with Crippen molar-refractivity contribution in [1.29, 1.82) is 0 Å². The van der Waals surface area contributed by atoms with E-state index >= 15 is 0 Å². The molecule has 3 N–H and O–H groups in total. The summed E-state index contributed by atoms with van der Waals surface area (Å²) in [5.74, 6) is 1.24. The minimum Gasteiger partial charge on any atom is -0.490 e. The highest BCUT2D eigenvalue weighted by Crippen LogP contribution is 2.29. The van der Waals surface area contributed by atoms with Gasteiger partial charge >= 0.3 is 0 Å². The Morgan fingerprint density at radius 3 is 2.20 bits per heavy atom. The number of quaternary nitrogens is 1. The number of benzene rings is 1. The fourth-order valence-corrected chi connectivity index (χ4v) is 4.08. The molecule has 5 heteroatoms. The van der Waals surface area contributed by atoms with Crippen molar-refractivity contribution in [3.63, 3.8) is 0 Å². The number of nitrogens with one attached hydrogen (secondary N) is 1. The lowest BCUT2D eigenvalue weighted by Crippen LogP contribution is -3.06. The Bertz CT molecular complexity index is 595. The van der Waals surface area contributed by atoms with Gasteiger partial charge in [-0.05, 0) is 59.7 Å². The summed E-state index contributed by atoms with van der Waals surface area (Å²) in [7, 11) is 0. The molecule has 25 heavy (non-hydrogen) atoms. The highest BCUT2D eigenvalue weighted by molar-refractivity contribution is 5.95. The van der Waals surface area contributed by atoms with Crippen molar-refractivity contribution in [3.05, 3.63) is 23.8 Å². The van der Waals surface area contributed by atoms with Gasteiger partial charge in [0.05, 0.1) is 24.3 Å². The third-order valence-electron chi connectivity index (χ3n) is 4.47. The lowest BCUT2D eigenvalue weighted by atomic mass is 9.79. The lowest BCUT2D eigenvalue weighted by molar-refractivity contribution is -0.787. The molecule has 1 aliphatic heterocycles. The second-order valence-electron chi connectivity index (χ2n) is 8.23. The van der Waals surface area contributed by atoms with Crippen LogP contribution in [-0.4, -0.2) is 36.2 Å². The van der Waals surface area contributed by atoms with Crippen LogP contribution in [0, 0.1) is 0 Å². The van der Waals surface area contributed by atoms with Crippen molar-refractivity contribution in [2.45, 2.75) is 71.5 Å². The molecule has 0 spiro atoms. The molecule has 1 fully saturated rings. The van der Waals surface area contributed by atoms with Crippen molar-refractivity contribution < 1.29 is 19.6 Å². The van der Waals surface area contributed by atoms with Crippen LogP contribution in [0.5, 0.6) is 11.5 Å². The summed E-state index contributed by atoms with van der Waals surface area (Å²) in [4.78, 5) is 12.7. The van der Waals surface area contributed by atoms with Crippen molar-refractivity contribution in [2.75, 3.05) is 13.2 Å². The average Bonchev–Trinajstić information content (AvgIpc) is 2.46. The van der Waals surface area contributed by atoms with E-state index in [1.54, 1.807) is 12.1 Å². The Morgan fingerprint density at radius 1 is 1.08 bits per heavy atom. The zero-order valence-electron chi connectivity index (χ0n) is 16.4. The predicted octanol–water partition coefficient (Wildman–Crippen LogP) is 2.50. The van der Waals surface area contributed by atoms with Crippen LogP contribution in [0.2, 0.25) is 0 Å². The maximum atomic E-state index is 12.7. The molecule has 0 aromatic heterocycles. The fraction of sp³-hybridized carbons (Fsp3) is 0.650. The van der Waals surface area contributed by atoms with Crippen LogP contribution < -0.4 is 20.1 Å². The SMILES string of the molecule is CCOc1ccc(C(=O)NC2CC(C)(C)[NH2+]C(C)(C)C2)cc1OCC. The van der Waals surface area contributed by atoms with Crippen molar-refractivity contribution in [1.82, 2.24) is 5.32 Å². The summed E-state index contributed by atoms with van der Waals surface area (Å²) in [5, 5.41) is 5.62. The highest BCUT2D eigenvalue weighted by atomic mass is 16.5. The molecule has 0 radical (unpaired) electrons. The molecular weight excluding hydrogens is 316 g/mol. The Labute approximate surface area is 151 Å². The summed E-state index contributed by atoms with van der Waals surface area (Å²) < 4.78 is 11.2. The number of rotatable bonds is 6. The summed E-state index contributed by atoms with van der Waals surface area (Å²) in [5.41, 5.74) is 0.848. The van der Waals surface area contributed by atoms with Gasteiger partial charge in [0.25, 0.3) is 5.91 Å². The monoisotopic (exact) mass is 349 g/mol. The minimum absolute atomic E-state index is 0.0532. The molecule has 5 nitrogen and oxygen atoms in total. The Kier molecular flexibility index (Phi) is 5.99. The van der Waals surface area contributed by atoms with E-state index in [9.17, 15) is 4.79 Å². The van der Waals surface area contributed by atoms with Gasteiger partial charge in [-0.25, -0.2) is 0 Å². The first-order valence-corrected chi connectivity index (χ1v) is 9.23. The average molecular weight is 349 g/mol. The number of amides is 1.